The molecule has 1 amide bonds. The molecule has 0 radical (unpaired) electrons. The summed E-state index contributed by atoms with van der Waals surface area (Å²) >= 11 is 0. The van der Waals surface area contributed by atoms with Gasteiger partial charge in [0.1, 0.15) is 0 Å². The van der Waals surface area contributed by atoms with E-state index in [1.54, 1.807) is 17.1 Å². The van der Waals surface area contributed by atoms with Crippen LogP contribution in [0.15, 0.2) is 48.9 Å². The minimum Gasteiger partial charge on any atom is -0.326 e. The van der Waals surface area contributed by atoms with Crippen molar-refractivity contribution in [3.8, 4) is 0 Å². The molecule has 106 valence electrons. The number of pyridine rings is 1. The number of benzene rings is 1. The van der Waals surface area contributed by atoms with Gasteiger partial charge in [0.25, 0.3) is 0 Å². The molecule has 5 heteroatoms. The second kappa shape index (κ2) is 5.75. The van der Waals surface area contributed by atoms with E-state index in [1.165, 1.54) is 0 Å². The van der Waals surface area contributed by atoms with E-state index < -0.39 is 0 Å². The Labute approximate surface area is 122 Å². The van der Waals surface area contributed by atoms with Crippen LogP contribution in [0.5, 0.6) is 0 Å². The first-order valence-electron chi connectivity index (χ1n) is 6.83. The zero-order chi connectivity index (χ0) is 14.7. The lowest BCUT2D eigenvalue weighted by Gasteiger charge is -2.06. The largest absolute Gasteiger partial charge is 0.326 e. The maximum absolute atomic E-state index is 12.0. The van der Waals surface area contributed by atoms with Crippen molar-refractivity contribution in [2.24, 2.45) is 7.05 Å². The van der Waals surface area contributed by atoms with Gasteiger partial charge in [0.05, 0.1) is 11.7 Å². The van der Waals surface area contributed by atoms with Crippen molar-refractivity contribution in [3.05, 3.63) is 54.5 Å². The van der Waals surface area contributed by atoms with Crippen molar-refractivity contribution in [2.75, 3.05) is 5.32 Å². The van der Waals surface area contributed by atoms with Gasteiger partial charge in [-0.05, 0) is 42.3 Å². The van der Waals surface area contributed by atoms with Gasteiger partial charge in [-0.1, -0.05) is 0 Å². The molecule has 0 atom stereocenters. The summed E-state index contributed by atoms with van der Waals surface area (Å²) in [4.78, 5) is 16.0. The minimum atomic E-state index is 0.00771. The number of nitrogens with zero attached hydrogens (tertiary/aromatic N) is 3. The molecule has 0 aliphatic rings. The van der Waals surface area contributed by atoms with Gasteiger partial charge in [-0.15, -0.1) is 0 Å². The molecule has 3 rings (SSSR count). The molecule has 3 aromatic rings. The maximum Gasteiger partial charge on any atom is 0.224 e. The first kappa shape index (κ1) is 13.3. The molecule has 0 fully saturated rings. The van der Waals surface area contributed by atoms with Crippen LogP contribution in [0.4, 0.5) is 5.69 Å². The standard InChI is InChI=1S/C16H16N4O/c1-20-15-10-14(4-3-13(15)11-18-20)19-16(21)5-2-12-6-8-17-9-7-12/h3-4,6-11H,2,5H2,1H3,(H,19,21). The van der Waals surface area contributed by atoms with E-state index in [0.29, 0.717) is 12.8 Å². The Morgan fingerprint density at radius 1 is 1.24 bits per heavy atom. The first-order valence-corrected chi connectivity index (χ1v) is 6.83. The molecule has 0 aliphatic heterocycles. The summed E-state index contributed by atoms with van der Waals surface area (Å²) < 4.78 is 1.79. The van der Waals surface area contributed by atoms with Crippen LogP contribution >= 0.6 is 0 Å². The summed E-state index contributed by atoms with van der Waals surface area (Å²) in [6.07, 6.45) is 6.45. The van der Waals surface area contributed by atoms with Gasteiger partial charge in [-0.2, -0.15) is 5.10 Å². The van der Waals surface area contributed by atoms with Crippen LogP contribution in [0.1, 0.15) is 12.0 Å². The number of aryl methyl sites for hydroxylation is 2. The Morgan fingerprint density at radius 3 is 2.86 bits per heavy atom. The fourth-order valence-electron chi connectivity index (χ4n) is 2.25. The van der Waals surface area contributed by atoms with Crippen LogP contribution in [0, 0.1) is 0 Å². The summed E-state index contributed by atoms with van der Waals surface area (Å²) in [6.45, 7) is 0. The number of carbonyl (C=O) groups excluding carboxylic acids is 1. The van der Waals surface area contributed by atoms with Crippen molar-refractivity contribution in [3.63, 3.8) is 0 Å². The van der Waals surface area contributed by atoms with E-state index in [2.05, 4.69) is 15.4 Å². The SMILES string of the molecule is Cn1ncc2ccc(NC(=O)CCc3ccncc3)cc21. The predicted octanol–water partition coefficient (Wildman–Crippen LogP) is 2.54. The minimum absolute atomic E-state index is 0.00771. The monoisotopic (exact) mass is 280 g/mol. The normalized spacial score (nSPS) is 10.7. The van der Waals surface area contributed by atoms with Crippen LogP contribution in [0.25, 0.3) is 10.9 Å². The number of fused-ring (bicyclic) bond motifs is 1. The number of nitrogens with one attached hydrogen (secondary N) is 1. The maximum atomic E-state index is 12.0. The molecule has 2 heterocycles. The fourth-order valence-corrected chi connectivity index (χ4v) is 2.25. The third kappa shape index (κ3) is 3.08. The van der Waals surface area contributed by atoms with Gasteiger partial charge in [-0.3, -0.25) is 14.5 Å². The lowest BCUT2D eigenvalue weighted by Crippen LogP contribution is -2.12. The Hall–Kier alpha value is -2.69. The Kier molecular flexibility index (Phi) is 3.64. The summed E-state index contributed by atoms with van der Waals surface area (Å²) in [6, 6.07) is 9.64. The van der Waals surface area contributed by atoms with Crippen molar-refractivity contribution in [1.29, 1.82) is 0 Å². The summed E-state index contributed by atoms with van der Waals surface area (Å²) in [5.74, 6) is 0.00771. The van der Waals surface area contributed by atoms with Gasteiger partial charge >= 0.3 is 0 Å². The molecule has 0 saturated heterocycles. The van der Waals surface area contributed by atoms with Crippen molar-refractivity contribution < 1.29 is 4.79 Å². The van der Waals surface area contributed by atoms with Crippen LogP contribution in [-0.2, 0) is 18.3 Å². The third-order valence-corrected chi connectivity index (χ3v) is 3.42. The zero-order valence-electron chi connectivity index (χ0n) is 11.8. The summed E-state index contributed by atoms with van der Waals surface area (Å²) in [5.41, 5.74) is 2.91. The van der Waals surface area contributed by atoms with E-state index in [1.807, 2.05) is 43.6 Å². The molecule has 2 aromatic heterocycles. The Balaban J connectivity index is 1.64. The Morgan fingerprint density at radius 2 is 2.05 bits per heavy atom. The highest BCUT2D eigenvalue weighted by atomic mass is 16.1. The van der Waals surface area contributed by atoms with Crippen LogP contribution in [0.2, 0.25) is 0 Å². The van der Waals surface area contributed by atoms with Gasteiger partial charge < -0.3 is 5.32 Å². The molecule has 21 heavy (non-hydrogen) atoms. The fraction of sp³-hybridized carbons (Fsp3) is 0.188. The van der Waals surface area contributed by atoms with E-state index >= 15 is 0 Å². The number of carbonyl (C=O) groups is 1. The number of anilines is 1. The zero-order valence-corrected chi connectivity index (χ0v) is 11.8. The third-order valence-electron chi connectivity index (χ3n) is 3.42. The molecule has 0 aliphatic carbocycles. The molecule has 0 bridgehead atoms. The molecule has 0 spiro atoms. The second-order valence-electron chi connectivity index (χ2n) is 4.95. The highest BCUT2D eigenvalue weighted by Crippen LogP contribution is 2.18. The van der Waals surface area contributed by atoms with Crippen LogP contribution < -0.4 is 5.32 Å². The number of hydrogen-bond donors (Lipinski definition) is 1. The molecule has 0 saturated carbocycles. The van der Waals surface area contributed by atoms with Crippen molar-refractivity contribution >= 4 is 22.5 Å². The van der Waals surface area contributed by atoms with E-state index in [9.17, 15) is 4.79 Å². The first-order chi connectivity index (χ1) is 10.2. The number of rotatable bonds is 4. The topological polar surface area (TPSA) is 59.8 Å². The van der Waals surface area contributed by atoms with Gasteiger partial charge in [0, 0.05) is 36.9 Å². The highest BCUT2D eigenvalue weighted by Gasteiger charge is 2.05. The van der Waals surface area contributed by atoms with Gasteiger partial charge in [-0.25, -0.2) is 0 Å². The van der Waals surface area contributed by atoms with Crippen LogP contribution in [0.3, 0.4) is 0 Å². The molecule has 1 N–H and O–H groups in total. The molecular weight excluding hydrogens is 264 g/mol. The molecular formula is C16H16N4O. The summed E-state index contributed by atoms with van der Waals surface area (Å²) in [7, 11) is 1.89. The van der Waals surface area contributed by atoms with E-state index in [4.69, 9.17) is 0 Å². The highest BCUT2D eigenvalue weighted by molar-refractivity contribution is 5.93. The average molecular weight is 280 g/mol. The number of aromatic nitrogens is 3. The lowest BCUT2D eigenvalue weighted by atomic mass is 10.1. The van der Waals surface area contributed by atoms with Gasteiger partial charge in [0.15, 0.2) is 0 Å². The predicted molar refractivity (Wildman–Crippen MR) is 81.9 cm³/mol. The molecule has 5 nitrogen and oxygen atoms in total. The van der Waals surface area contributed by atoms with Gasteiger partial charge in [0.2, 0.25) is 5.91 Å². The second-order valence-corrected chi connectivity index (χ2v) is 4.95. The van der Waals surface area contributed by atoms with E-state index in [-0.39, 0.29) is 5.91 Å². The quantitative estimate of drug-likeness (QED) is 0.799. The number of hydrogen-bond acceptors (Lipinski definition) is 3. The Bertz CT molecular complexity index is 764. The summed E-state index contributed by atoms with van der Waals surface area (Å²) in [5, 5.41) is 8.18. The van der Waals surface area contributed by atoms with Crippen molar-refractivity contribution in [2.45, 2.75) is 12.8 Å². The molecule has 1 aromatic carbocycles. The lowest BCUT2D eigenvalue weighted by molar-refractivity contribution is -0.116. The number of amides is 1. The van der Waals surface area contributed by atoms with Crippen LogP contribution in [-0.4, -0.2) is 20.7 Å². The smallest absolute Gasteiger partial charge is 0.224 e. The van der Waals surface area contributed by atoms with Crippen molar-refractivity contribution in [1.82, 2.24) is 14.8 Å². The average Bonchev–Trinajstić information content (AvgIpc) is 2.87. The molecule has 0 unspecified atom stereocenters. The van der Waals surface area contributed by atoms with E-state index in [0.717, 1.165) is 22.2 Å².